The lowest BCUT2D eigenvalue weighted by atomic mass is 10.1. The second-order valence-corrected chi connectivity index (χ2v) is 7.89. The molecule has 0 unspecified atom stereocenters. The van der Waals surface area contributed by atoms with Gasteiger partial charge in [0.25, 0.3) is 10.0 Å². The second-order valence-electron chi connectivity index (χ2n) is 4.95. The first-order valence-electron chi connectivity index (χ1n) is 6.78. The average Bonchev–Trinajstić information content (AvgIpc) is 2.51. The highest BCUT2D eigenvalue weighted by Crippen LogP contribution is 2.39. The van der Waals surface area contributed by atoms with Gasteiger partial charge in [-0.05, 0) is 40.0 Å². The van der Waals surface area contributed by atoms with Gasteiger partial charge in [0.1, 0.15) is 10.6 Å². The Morgan fingerprint density at radius 2 is 1.92 bits per heavy atom. The molecule has 0 radical (unpaired) electrons. The van der Waals surface area contributed by atoms with Gasteiger partial charge in [0.15, 0.2) is 0 Å². The maximum Gasteiger partial charge on any atom is 0.314 e. The highest BCUT2D eigenvalue weighted by atomic mass is 79.9. The molecule has 3 N–H and O–H groups in total. The van der Waals surface area contributed by atoms with Gasteiger partial charge in [-0.1, -0.05) is 18.5 Å². The Hall–Kier alpha value is -2.04. The summed E-state index contributed by atoms with van der Waals surface area (Å²) in [7, 11) is -4.27. The Kier molecular flexibility index (Phi) is 5.45. The van der Waals surface area contributed by atoms with Crippen molar-refractivity contribution in [1.29, 1.82) is 0 Å². The van der Waals surface area contributed by atoms with Crippen LogP contribution in [0.1, 0.15) is 12.5 Å². The molecule has 2 aromatic rings. The molecule has 0 aliphatic heterocycles. The van der Waals surface area contributed by atoms with Crippen molar-refractivity contribution in [3.63, 3.8) is 0 Å². The molecule has 0 saturated heterocycles. The fourth-order valence-corrected chi connectivity index (χ4v) is 4.45. The summed E-state index contributed by atoms with van der Waals surface area (Å²) in [6.07, 6.45) is 0.486. The lowest BCUT2D eigenvalue weighted by Gasteiger charge is -2.13. The Bertz CT molecular complexity index is 964. The van der Waals surface area contributed by atoms with E-state index in [1.807, 2.05) is 4.72 Å². The summed E-state index contributed by atoms with van der Waals surface area (Å²) < 4.78 is 27.3. The number of rotatable bonds is 5. The summed E-state index contributed by atoms with van der Waals surface area (Å²) in [5.41, 5.74) is -0.661. The molecule has 2 aromatic carbocycles. The Balaban J connectivity index is 2.54. The predicted molar refractivity (Wildman–Crippen MR) is 95.8 cm³/mol. The number of hydrogen-bond donors (Lipinski definition) is 3. The molecule has 0 amide bonds. The number of phenols is 2. The van der Waals surface area contributed by atoms with Crippen LogP contribution in [0.25, 0.3) is 0 Å². The monoisotopic (exact) mass is 450 g/mol. The third-order valence-corrected chi connectivity index (χ3v) is 5.84. The van der Waals surface area contributed by atoms with Crippen LogP contribution in [-0.2, 0) is 16.4 Å². The molecule has 0 aliphatic carbocycles. The first kappa shape index (κ1) is 19.3. The number of benzene rings is 2. The number of nitro benzene ring substituents is 1. The normalized spacial score (nSPS) is 11.3. The van der Waals surface area contributed by atoms with Gasteiger partial charge >= 0.3 is 5.69 Å². The highest BCUT2D eigenvalue weighted by Gasteiger charge is 2.25. The summed E-state index contributed by atoms with van der Waals surface area (Å²) in [5, 5.41) is 30.6. The van der Waals surface area contributed by atoms with Crippen LogP contribution in [0.4, 0.5) is 11.4 Å². The fourth-order valence-electron chi connectivity index (χ4n) is 2.07. The van der Waals surface area contributed by atoms with Crippen molar-refractivity contribution >= 4 is 48.9 Å². The number of aromatic hydroxyl groups is 2. The molecule has 0 spiro atoms. The van der Waals surface area contributed by atoms with Crippen molar-refractivity contribution in [2.75, 3.05) is 4.72 Å². The number of nitro groups is 1. The molecule has 11 heteroatoms. The molecule has 0 heterocycles. The van der Waals surface area contributed by atoms with E-state index in [0.29, 0.717) is 12.0 Å². The predicted octanol–water partition coefficient (Wildman–Crippen LogP) is 3.79. The molecular formula is C14H12BrClN2O6S. The molecule has 0 bridgehead atoms. The number of halogens is 2. The Labute approximate surface area is 156 Å². The fraction of sp³-hybridized carbons (Fsp3) is 0.143. The topological polar surface area (TPSA) is 130 Å². The average molecular weight is 452 g/mol. The molecule has 0 aromatic heterocycles. The van der Waals surface area contributed by atoms with Crippen LogP contribution in [0.3, 0.4) is 0 Å². The first-order valence-corrected chi connectivity index (χ1v) is 9.43. The molecule has 8 nitrogen and oxygen atoms in total. The third-order valence-electron chi connectivity index (χ3n) is 3.30. The Morgan fingerprint density at radius 3 is 2.48 bits per heavy atom. The van der Waals surface area contributed by atoms with Crippen LogP contribution < -0.4 is 4.72 Å². The molecule has 0 fully saturated rings. The molecule has 134 valence electrons. The maximum absolute atomic E-state index is 12.5. The largest absolute Gasteiger partial charge is 0.508 e. The number of sulfonamides is 1. The number of nitrogens with one attached hydrogen (secondary N) is 1. The maximum atomic E-state index is 12.5. The quantitative estimate of drug-likeness (QED) is 0.360. The van der Waals surface area contributed by atoms with Gasteiger partial charge in [0.05, 0.1) is 10.6 Å². The molecule has 0 atom stereocenters. The molecule has 25 heavy (non-hydrogen) atoms. The second kappa shape index (κ2) is 7.06. The van der Waals surface area contributed by atoms with E-state index in [1.165, 1.54) is 6.07 Å². The van der Waals surface area contributed by atoms with E-state index in [4.69, 9.17) is 11.6 Å². The van der Waals surface area contributed by atoms with Crippen LogP contribution in [0.5, 0.6) is 11.5 Å². The lowest BCUT2D eigenvalue weighted by Crippen LogP contribution is -2.14. The highest BCUT2D eigenvalue weighted by molar-refractivity contribution is 9.10. The van der Waals surface area contributed by atoms with Crippen molar-refractivity contribution in [3.8, 4) is 11.5 Å². The van der Waals surface area contributed by atoms with Crippen molar-refractivity contribution < 1.29 is 23.6 Å². The third kappa shape index (κ3) is 3.97. The SMILES string of the molecule is CCc1cc(Br)c(S(=O)(=O)Nc2cc(Cl)cc([N+](=O)[O-])c2O)cc1O. The van der Waals surface area contributed by atoms with Crippen molar-refractivity contribution in [3.05, 3.63) is 49.4 Å². The van der Waals surface area contributed by atoms with Crippen molar-refractivity contribution in [2.45, 2.75) is 18.2 Å². The van der Waals surface area contributed by atoms with Gasteiger partial charge in [-0.25, -0.2) is 8.42 Å². The van der Waals surface area contributed by atoms with Gasteiger partial charge in [-0.15, -0.1) is 0 Å². The van der Waals surface area contributed by atoms with Gasteiger partial charge in [0, 0.05) is 21.6 Å². The number of anilines is 1. The number of nitrogens with zero attached hydrogens (tertiary/aromatic N) is 1. The zero-order chi connectivity index (χ0) is 18.9. The number of phenolic OH excluding ortho intramolecular Hbond substituents is 2. The Morgan fingerprint density at radius 1 is 1.28 bits per heavy atom. The summed E-state index contributed by atoms with van der Waals surface area (Å²) in [6.45, 7) is 1.79. The first-order chi connectivity index (χ1) is 11.6. The van der Waals surface area contributed by atoms with Crippen LogP contribution >= 0.6 is 27.5 Å². The van der Waals surface area contributed by atoms with E-state index in [2.05, 4.69) is 15.9 Å². The van der Waals surface area contributed by atoms with Crippen molar-refractivity contribution in [2.24, 2.45) is 0 Å². The molecule has 2 rings (SSSR count). The van der Waals surface area contributed by atoms with E-state index in [-0.39, 0.29) is 20.1 Å². The van der Waals surface area contributed by atoms with E-state index in [0.717, 1.165) is 18.2 Å². The smallest absolute Gasteiger partial charge is 0.314 e. The van der Waals surface area contributed by atoms with Crippen LogP contribution in [0.15, 0.2) is 33.6 Å². The van der Waals surface area contributed by atoms with Crippen molar-refractivity contribution in [1.82, 2.24) is 0 Å². The minimum Gasteiger partial charge on any atom is -0.508 e. The molecule has 0 saturated carbocycles. The lowest BCUT2D eigenvalue weighted by molar-refractivity contribution is -0.385. The molecular weight excluding hydrogens is 440 g/mol. The number of aryl methyl sites for hydroxylation is 1. The zero-order valence-corrected chi connectivity index (χ0v) is 15.8. The van der Waals surface area contributed by atoms with Crippen LogP contribution in [0.2, 0.25) is 5.02 Å². The van der Waals surface area contributed by atoms with Gasteiger partial charge in [-0.2, -0.15) is 0 Å². The van der Waals surface area contributed by atoms with Gasteiger partial charge in [-0.3, -0.25) is 14.8 Å². The minimum atomic E-state index is -4.27. The number of hydrogen-bond acceptors (Lipinski definition) is 6. The molecule has 0 aliphatic rings. The van der Waals surface area contributed by atoms with E-state index in [1.54, 1.807) is 6.92 Å². The van der Waals surface area contributed by atoms with Gasteiger partial charge in [0.2, 0.25) is 5.75 Å². The van der Waals surface area contributed by atoms with Crippen LogP contribution in [-0.4, -0.2) is 23.6 Å². The van der Waals surface area contributed by atoms with Crippen LogP contribution in [0, 0.1) is 10.1 Å². The summed E-state index contributed by atoms with van der Waals surface area (Å²) >= 11 is 8.85. The zero-order valence-electron chi connectivity index (χ0n) is 12.7. The van der Waals surface area contributed by atoms with E-state index >= 15 is 0 Å². The minimum absolute atomic E-state index is 0.134. The summed E-state index contributed by atoms with van der Waals surface area (Å²) in [4.78, 5) is 9.71. The van der Waals surface area contributed by atoms with E-state index in [9.17, 15) is 28.7 Å². The standard InChI is InChI=1S/C14H12BrClN2O6S/c1-2-7-3-9(15)13(6-12(7)19)25(23,24)17-10-4-8(16)5-11(14(10)20)18(21)22/h3-6,17,19-20H,2H2,1H3. The summed E-state index contributed by atoms with van der Waals surface area (Å²) in [5.74, 6) is -1.09. The van der Waals surface area contributed by atoms with E-state index < -0.39 is 32.1 Å². The summed E-state index contributed by atoms with van der Waals surface area (Å²) in [6, 6.07) is 4.42. The van der Waals surface area contributed by atoms with Gasteiger partial charge < -0.3 is 10.2 Å².